The molecule has 1 aliphatic heterocycles. The molecule has 0 aliphatic carbocycles. The molecule has 1 aliphatic rings. The average molecular weight is 385 g/mol. The third kappa shape index (κ3) is 4.37. The van der Waals surface area contributed by atoms with Crippen LogP contribution in [-0.4, -0.2) is 59.6 Å². The molecular formula is C19H19N3O6. The van der Waals surface area contributed by atoms with Crippen LogP contribution in [0.25, 0.3) is 0 Å². The Balaban J connectivity index is 1.49. The van der Waals surface area contributed by atoms with Crippen molar-refractivity contribution >= 4 is 23.3 Å². The van der Waals surface area contributed by atoms with Crippen LogP contribution in [0.15, 0.2) is 48.5 Å². The molecule has 2 aromatic rings. The van der Waals surface area contributed by atoms with E-state index in [1.165, 1.54) is 24.3 Å². The summed E-state index contributed by atoms with van der Waals surface area (Å²) in [5, 5.41) is 20.4. The van der Waals surface area contributed by atoms with Crippen molar-refractivity contribution in [1.29, 1.82) is 0 Å². The number of phenols is 1. The Morgan fingerprint density at radius 3 is 2.29 bits per heavy atom. The van der Waals surface area contributed by atoms with Gasteiger partial charge >= 0.3 is 5.97 Å². The summed E-state index contributed by atoms with van der Waals surface area (Å²) in [6, 6.07) is 12.2. The van der Waals surface area contributed by atoms with Gasteiger partial charge in [-0.2, -0.15) is 0 Å². The van der Waals surface area contributed by atoms with Gasteiger partial charge in [0.15, 0.2) is 6.61 Å². The number of esters is 1. The van der Waals surface area contributed by atoms with E-state index in [0.717, 1.165) is 5.69 Å². The van der Waals surface area contributed by atoms with Crippen LogP contribution in [0.5, 0.6) is 5.75 Å². The first-order valence-corrected chi connectivity index (χ1v) is 8.68. The van der Waals surface area contributed by atoms with Crippen molar-refractivity contribution in [1.82, 2.24) is 4.90 Å². The van der Waals surface area contributed by atoms with E-state index in [1.54, 1.807) is 29.2 Å². The van der Waals surface area contributed by atoms with Gasteiger partial charge in [0.1, 0.15) is 11.3 Å². The molecular weight excluding hydrogens is 366 g/mol. The maximum absolute atomic E-state index is 12.3. The van der Waals surface area contributed by atoms with Crippen molar-refractivity contribution < 1.29 is 24.4 Å². The van der Waals surface area contributed by atoms with Crippen LogP contribution in [0.2, 0.25) is 0 Å². The number of piperazine rings is 1. The standard InChI is InChI=1S/C19H19N3O6/c23-17-4-2-1-3-16(17)19(25)28-13-18(24)21-11-9-20(10-12-21)14-5-7-15(8-6-14)22(26)27/h1-8,23H,9-13H2. The number of amides is 1. The number of nitro groups is 1. The second kappa shape index (κ2) is 8.38. The number of ether oxygens (including phenoxy) is 1. The number of carbonyl (C=O) groups excluding carboxylic acids is 2. The third-order valence-electron chi connectivity index (χ3n) is 4.51. The molecule has 3 rings (SSSR count). The minimum Gasteiger partial charge on any atom is -0.507 e. The Bertz CT molecular complexity index is 875. The Morgan fingerprint density at radius 2 is 1.68 bits per heavy atom. The van der Waals surface area contributed by atoms with Crippen LogP contribution in [0.4, 0.5) is 11.4 Å². The number of nitrogens with zero attached hydrogens (tertiary/aromatic N) is 3. The predicted octanol–water partition coefficient (Wildman–Crippen LogP) is 1.81. The van der Waals surface area contributed by atoms with Crippen LogP contribution in [0.3, 0.4) is 0 Å². The monoisotopic (exact) mass is 385 g/mol. The molecule has 1 N–H and O–H groups in total. The zero-order chi connectivity index (χ0) is 20.1. The van der Waals surface area contributed by atoms with Gasteiger partial charge in [-0.1, -0.05) is 12.1 Å². The average Bonchev–Trinajstić information content (AvgIpc) is 2.72. The highest BCUT2D eigenvalue weighted by Gasteiger charge is 2.23. The smallest absolute Gasteiger partial charge is 0.342 e. The summed E-state index contributed by atoms with van der Waals surface area (Å²) in [6.07, 6.45) is 0. The first kappa shape index (κ1) is 19.2. The molecule has 1 fully saturated rings. The lowest BCUT2D eigenvalue weighted by atomic mass is 10.2. The Hall–Kier alpha value is -3.62. The maximum Gasteiger partial charge on any atom is 0.342 e. The highest BCUT2D eigenvalue weighted by Crippen LogP contribution is 2.21. The second-order valence-corrected chi connectivity index (χ2v) is 6.23. The van der Waals surface area contributed by atoms with E-state index in [9.17, 15) is 24.8 Å². The minimum atomic E-state index is -0.754. The van der Waals surface area contributed by atoms with E-state index in [1.807, 2.05) is 4.90 Å². The van der Waals surface area contributed by atoms with E-state index in [4.69, 9.17) is 4.74 Å². The van der Waals surface area contributed by atoms with Gasteiger partial charge in [-0.25, -0.2) is 4.79 Å². The number of benzene rings is 2. The Labute approximate surface area is 160 Å². The Kier molecular flexibility index (Phi) is 5.73. The minimum absolute atomic E-state index is 0.0123. The van der Waals surface area contributed by atoms with Gasteiger partial charge in [-0.15, -0.1) is 0 Å². The fourth-order valence-corrected chi connectivity index (χ4v) is 2.94. The van der Waals surface area contributed by atoms with E-state index < -0.39 is 17.5 Å². The first-order valence-electron chi connectivity index (χ1n) is 8.68. The number of hydrogen-bond donors (Lipinski definition) is 1. The molecule has 28 heavy (non-hydrogen) atoms. The highest BCUT2D eigenvalue weighted by molar-refractivity contribution is 5.93. The quantitative estimate of drug-likeness (QED) is 0.474. The summed E-state index contributed by atoms with van der Waals surface area (Å²) in [4.78, 5) is 38.1. The van der Waals surface area contributed by atoms with Crippen molar-refractivity contribution in [2.24, 2.45) is 0 Å². The van der Waals surface area contributed by atoms with Gasteiger partial charge in [-0.05, 0) is 24.3 Å². The number of hydrogen-bond acceptors (Lipinski definition) is 7. The number of rotatable bonds is 5. The number of para-hydroxylation sites is 1. The lowest BCUT2D eigenvalue weighted by Gasteiger charge is -2.36. The molecule has 0 spiro atoms. The van der Waals surface area contributed by atoms with Crippen LogP contribution < -0.4 is 4.90 Å². The summed E-state index contributed by atoms with van der Waals surface area (Å²) in [7, 11) is 0. The lowest BCUT2D eigenvalue weighted by Crippen LogP contribution is -2.49. The molecule has 0 saturated carbocycles. The van der Waals surface area contributed by atoms with Crippen LogP contribution in [-0.2, 0) is 9.53 Å². The van der Waals surface area contributed by atoms with E-state index in [0.29, 0.717) is 26.2 Å². The third-order valence-corrected chi connectivity index (χ3v) is 4.51. The van der Waals surface area contributed by atoms with Gasteiger partial charge < -0.3 is 19.6 Å². The molecule has 0 radical (unpaired) electrons. The van der Waals surface area contributed by atoms with E-state index in [-0.39, 0.29) is 22.9 Å². The summed E-state index contributed by atoms with van der Waals surface area (Å²) in [5.41, 5.74) is 0.894. The summed E-state index contributed by atoms with van der Waals surface area (Å²) >= 11 is 0. The normalized spacial score (nSPS) is 13.9. The highest BCUT2D eigenvalue weighted by atomic mass is 16.6. The van der Waals surface area contributed by atoms with Crippen molar-refractivity contribution in [3.63, 3.8) is 0 Å². The number of phenolic OH excluding ortho intramolecular Hbond substituents is 1. The van der Waals surface area contributed by atoms with E-state index in [2.05, 4.69) is 0 Å². The summed E-state index contributed by atoms with van der Waals surface area (Å²) in [5.74, 6) is -1.26. The van der Waals surface area contributed by atoms with Crippen molar-refractivity contribution in [2.45, 2.75) is 0 Å². The largest absolute Gasteiger partial charge is 0.507 e. The molecule has 146 valence electrons. The number of anilines is 1. The SMILES string of the molecule is O=C(OCC(=O)N1CCN(c2ccc([N+](=O)[O-])cc2)CC1)c1ccccc1O. The molecule has 0 unspecified atom stereocenters. The molecule has 1 saturated heterocycles. The molecule has 9 heteroatoms. The van der Waals surface area contributed by atoms with Gasteiger partial charge in [0, 0.05) is 44.0 Å². The predicted molar refractivity (Wildman–Crippen MR) is 100 cm³/mol. The fourth-order valence-electron chi connectivity index (χ4n) is 2.94. The van der Waals surface area contributed by atoms with Gasteiger partial charge in [-0.3, -0.25) is 14.9 Å². The zero-order valence-corrected chi connectivity index (χ0v) is 15.0. The van der Waals surface area contributed by atoms with E-state index >= 15 is 0 Å². The molecule has 0 aromatic heterocycles. The molecule has 2 aromatic carbocycles. The van der Waals surface area contributed by atoms with Crippen LogP contribution >= 0.6 is 0 Å². The topological polar surface area (TPSA) is 113 Å². The van der Waals surface area contributed by atoms with Gasteiger partial charge in [0.2, 0.25) is 0 Å². The van der Waals surface area contributed by atoms with Crippen molar-refractivity contribution in [3.05, 3.63) is 64.2 Å². The number of nitro benzene ring substituents is 1. The summed E-state index contributed by atoms with van der Waals surface area (Å²) in [6.45, 7) is 1.63. The first-order chi connectivity index (χ1) is 13.5. The zero-order valence-electron chi connectivity index (χ0n) is 15.0. The van der Waals surface area contributed by atoms with Crippen molar-refractivity contribution in [3.8, 4) is 5.75 Å². The second-order valence-electron chi connectivity index (χ2n) is 6.23. The van der Waals surface area contributed by atoms with Gasteiger partial charge in [0.25, 0.3) is 11.6 Å². The molecule has 0 bridgehead atoms. The summed E-state index contributed by atoms with van der Waals surface area (Å²) < 4.78 is 5.00. The Morgan fingerprint density at radius 1 is 1.04 bits per heavy atom. The molecule has 1 amide bonds. The molecule has 9 nitrogen and oxygen atoms in total. The number of aromatic hydroxyl groups is 1. The molecule has 0 atom stereocenters. The van der Waals surface area contributed by atoms with Crippen LogP contribution in [0.1, 0.15) is 10.4 Å². The maximum atomic E-state index is 12.3. The number of carbonyl (C=O) groups is 2. The fraction of sp³-hybridized carbons (Fsp3) is 0.263. The molecule has 1 heterocycles. The lowest BCUT2D eigenvalue weighted by molar-refractivity contribution is -0.384. The van der Waals surface area contributed by atoms with Gasteiger partial charge in [0.05, 0.1) is 4.92 Å². The van der Waals surface area contributed by atoms with Crippen LogP contribution in [0, 0.1) is 10.1 Å². The van der Waals surface area contributed by atoms with Crippen molar-refractivity contribution in [2.75, 3.05) is 37.7 Å². The number of non-ortho nitro benzene ring substituents is 1.